The zero-order valence-electron chi connectivity index (χ0n) is 19.8. The van der Waals surface area contributed by atoms with E-state index in [9.17, 15) is 5.26 Å². The fourth-order valence-corrected chi connectivity index (χ4v) is 6.50. The van der Waals surface area contributed by atoms with Crippen LogP contribution in [-0.4, -0.2) is 49.3 Å². The maximum absolute atomic E-state index is 9.65. The average molecular weight is 487 g/mol. The van der Waals surface area contributed by atoms with Crippen molar-refractivity contribution in [1.29, 1.82) is 5.26 Å². The summed E-state index contributed by atoms with van der Waals surface area (Å²) in [5, 5.41) is 19.8. The summed E-state index contributed by atoms with van der Waals surface area (Å²) in [4.78, 5) is 13.6. The molecule has 1 spiro atoms. The third kappa shape index (κ3) is 3.52. The molecule has 1 aromatic carbocycles. The molecule has 178 valence electrons. The van der Waals surface area contributed by atoms with Gasteiger partial charge in [-0.3, -0.25) is 14.5 Å². The standard InChI is InChI=1S/C26H27ClN8/c1-17-9-29-10-22(30-17)34-15-26(16-34)7-19(8-26)24-32-31-23-12-33(14-25(13-28)4-5-25)11-18-6-20(27)2-3-21(18)35(23)24/h2-3,6,9-10,19H,4-5,7-8,11-12,14-16H2,1H3. The van der Waals surface area contributed by atoms with Crippen molar-refractivity contribution in [1.82, 2.24) is 29.6 Å². The first-order valence-electron chi connectivity index (χ1n) is 12.4. The van der Waals surface area contributed by atoms with Crippen molar-refractivity contribution in [3.8, 4) is 11.8 Å². The Kier molecular flexibility index (Phi) is 4.55. The predicted molar refractivity (Wildman–Crippen MR) is 131 cm³/mol. The van der Waals surface area contributed by atoms with Gasteiger partial charge in [-0.15, -0.1) is 10.2 Å². The summed E-state index contributed by atoms with van der Waals surface area (Å²) in [7, 11) is 0. The highest BCUT2D eigenvalue weighted by molar-refractivity contribution is 6.30. The van der Waals surface area contributed by atoms with Crippen LogP contribution in [-0.2, 0) is 13.1 Å². The molecule has 2 saturated carbocycles. The largest absolute Gasteiger partial charge is 0.354 e. The lowest BCUT2D eigenvalue weighted by molar-refractivity contribution is 0.0581. The molecular weight excluding hydrogens is 460 g/mol. The fraction of sp³-hybridized carbons (Fsp3) is 0.500. The summed E-state index contributed by atoms with van der Waals surface area (Å²) in [6, 6.07) is 8.65. The maximum Gasteiger partial charge on any atom is 0.151 e. The summed E-state index contributed by atoms with van der Waals surface area (Å²) in [5.41, 5.74) is 3.39. The van der Waals surface area contributed by atoms with Crippen LogP contribution in [0.25, 0.3) is 5.69 Å². The van der Waals surface area contributed by atoms with Crippen LogP contribution in [0.4, 0.5) is 5.82 Å². The number of rotatable bonds is 4. The smallest absolute Gasteiger partial charge is 0.151 e. The molecule has 2 aliphatic heterocycles. The van der Waals surface area contributed by atoms with Crippen molar-refractivity contribution in [3.05, 3.63) is 58.5 Å². The third-order valence-corrected chi connectivity index (χ3v) is 8.49. The molecule has 0 atom stereocenters. The van der Waals surface area contributed by atoms with Crippen LogP contribution in [0.5, 0.6) is 0 Å². The molecule has 0 bridgehead atoms. The van der Waals surface area contributed by atoms with Crippen molar-refractivity contribution in [2.45, 2.75) is 51.6 Å². The third-order valence-electron chi connectivity index (χ3n) is 8.26. The summed E-state index contributed by atoms with van der Waals surface area (Å²) < 4.78 is 2.28. The van der Waals surface area contributed by atoms with E-state index in [1.54, 1.807) is 6.20 Å². The van der Waals surface area contributed by atoms with Crippen LogP contribution in [0.3, 0.4) is 0 Å². The van der Waals surface area contributed by atoms with Crippen LogP contribution in [0.1, 0.15) is 54.5 Å². The van der Waals surface area contributed by atoms with E-state index < -0.39 is 0 Å². The summed E-state index contributed by atoms with van der Waals surface area (Å²) in [5.74, 6) is 3.39. The highest BCUT2D eigenvalue weighted by Gasteiger charge is 2.54. The molecule has 1 saturated heterocycles. The SMILES string of the molecule is Cc1cncc(N2CC3(CC(c4nnc5n4-c4ccc(Cl)cc4CN(CC4(C#N)CC4)C5)C3)C2)n1. The number of nitrogens with zero attached hydrogens (tertiary/aromatic N) is 8. The molecule has 8 nitrogen and oxygen atoms in total. The lowest BCUT2D eigenvalue weighted by Crippen LogP contribution is -2.62. The number of aromatic nitrogens is 5. The Morgan fingerprint density at radius 1 is 1.14 bits per heavy atom. The highest BCUT2D eigenvalue weighted by Crippen LogP contribution is 2.56. The number of hydrogen-bond donors (Lipinski definition) is 0. The Morgan fingerprint density at radius 2 is 1.97 bits per heavy atom. The minimum absolute atomic E-state index is 0.200. The van der Waals surface area contributed by atoms with Crippen molar-refractivity contribution in [2.24, 2.45) is 10.8 Å². The van der Waals surface area contributed by atoms with Gasteiger partial charge in [0.05, 0.1) is 35.6 Å². The Balaban J connectivity index is 1.14. The van der Waals surface area contributed by atoms with Crippen LogP contribution >= 0.6 is 11.6 Å². The Morgan fingerprint density at radius 3 is 2.71 bits per heavy atom. The zero-order chi connectivity index (χ0) is 23.8. The molecule has 9 heteroatoms. The first-order chi connectivity index (χ1) is 16.9. The second kappa shape index (κ2) is 7.49. The Bertz CT molecular complexity index is 1360. The van der Waals surface area contributed by atoms with Crippen molar-refractivity contribution in [3.63, 3.8) is 0 Å². The summed E-state index contributed by atoms with van der Waals surface area (Å²) in [6.07, 6.45) is 7.86. The number of fused-ring (bicyclic) bond motifs is 3. The zero-order valence-corrected chi connectivity index (χ0v) is 20.5. The van der Waals surface area contributed by atoms with Gasteiger partial charge in [0.2, 0.25) is 0 Å². The molecule has 35 heavy (non-hydrogen) atoms. The molecule has 0 N–H and O–H groups in total. The van der Waals surface area contributed by atoms with Crippen molar-refractivity contribution in [2.75, 3.05) is 24.5 Å². The molecule has 3 fully saturated rings. The number of halogens is 1. The molecule has 0 amide bonds. The van der Waals surface area contributed by atoms with Gasteiger partial charge in [0.1, 0.15) is 11.6 Å². The van der Waals surface area contributed by atoms with E-state index in [0.717, 1.165) is 85.7 Å². The fourth-order valence-electron chi connectivity index (χ4n) is 6.31. The predicted octanol–water partition coefficient (Wildman–Crippen LogP) is 4.02. The van der Waals surface area contributed by atoms with Gasteiger partial charge in [-0.25, -0.2) is 4.98 Å². The van der Waals surface area contributed by atoms with Crippen LogP contribution in [0.15, 0.2) is 30.6 Å². The lowest BCUT2D eigenvalue weighted by atomic mass is 9.57. The maximum atomic E-state index is 9.65. The highest BCUT2D eigenvalue weighted by atomic mass is 35.5. The second-order valence-electron chi connectivity index (χ2n) is 11.1. The van der Waals surface area contributed by atoms with Crippen molar-refractivity contribution >= 4 is 17.4 Å². The van der Waals surface area contributed by atoms with E-state index in [2.05, 4.69) is 47.6 Å². The molecule has 0 radical (unpaired) electrons. The first kappa shape index (κ1) is 21.3. The summed E-state index contributed by atoms with van der Waals surface area (Å²) in [6.45, 7) is 6.27. The minimum Gasteiger partial charge on any atom is -0.354 e. The van der Waals surface area contributed by atoms with E-state index in [1.807, 2.05) is 19.2 Å². The molecule has 3 aromatic rings. The Labute approximate surface area is 209 Å². The molecule has 0 unspecified atom stereocenters. The van der Waals surface area contributed by atoms with Gasteiger partial charge in [0.25, 0.3) is 0 Å². The first-order valence-corrected chi connectivity index (χ1v) is 12.7. The van der Waals surface area contributed by atoms with Crippen LogP contribution < -0.4 is 4.90 Å². The number of nitriles is 1. The van der Waals surface area contributed by atoms with Gasteiger partial charge in [0, 0.05) is 48.7 Å². The van der Waals surface area contributed by atoms with Crippen LogP contribution in [0.2, 0.25) is 5.02 Å². The molecular formula is C26H27ClN8. The van der Waals surface area contributed by atoms with Gasteiger partial charge in [0.15, 0.2) is 5.82 Å². The molecule has 4 heterocycles. The van der Waals surface area contributed by atoms with E-state index >= 15 is 0 Å². The van der Waals surface area contributed by atoms with Crippen LogP contribution in [0, 0.1) is 29.1 Å². The number of hydrogen-bond acceptors (Lipinski definition) is 7. The minimum atomic E-state index is -0.200. The van der Waals surface area contributed by atoms with E-state index in [1.165, 1.54) is 5.56 Å². The quantitative estimate of drug-likeness (QED) is 0.550. The number of anilines is 1. The molecule has 4 aliphatic rings. The molecule has 2 aromatic heterocycles. The van der Waals surface area contributed by atoms with Gasteiger partial charge in [-0.05, 0) is 56.4 Å². The molecule has 7 rings (SSSR count). The van der Waals surface area contributed by atoms with E-state index in [-0.39, 0.29) is 5.41 Å². The number of benzene rings is 1. The van der Waals surface area contributed by atoms with E-state index in [4.69, 9.17) is 16.7 Å². The van der Waals surface area contributed by atoms with Gasteiger partial charge in [-0.2, -0.15) is 5.26 Å². The van der Waals surface area contributed by atoms with Crippen molar-refractivity contribution < 1.29 is 0 Å². The topological polar surface area (TPSA) is 86.8 Å². The normalized spacial score (nSPS) is 21.9. The number of aryl methyl sites for hydroxylation is 1. The van der Waals surface area contributed by atoms with Gasteiger partial charge < -0.3 is 4.90 Å². The Hall–Kier alpha value is -3.02. The average Bonchev–Trinajstić information content (AvgIpc) is 3.47. The monoisotopic (exact) mass is 486 g/mol. The van der Waals surface area contributed by atoms with Gasteiger partial charge in [-0.1, -0.05) is 11.6 Å². The second-order valence-corrected chi connectivity index (χ2v) is 11.5. The molecule has 2 aliphatic carbocycles. The lowest BCUT2D eigenvalue weighted by Gasteiger charge is -2.59. The van der Waals surface area contributed by atoms with E-state index in [0.29, 0.717) is 17.9 Å². The van der Waals surface area contributed by atoms with Gasteiger partial charge >= 0.3 is 0 Å². The summed E-state index contributed by atoms with van der Waals surface area (Å²) >= 11 is 6.40.